The van der Waals surface area contributed by atoms with E-state index >= 15 is 0 Å². The summed E-state index contributed by atoms with van der Waals surface area (Å²) in [6.45, 7) is 8.47. The largest absolute Gasteiger partial charge is 0.489 e. The molecule has 0 aliphatic heterocycles. The van der Waals surface area contributed by atoms with Gasteiger partial charge in [-0.25, -0.2) is 4.79 Å². The summed E-state index contributed by atoms with van der Waals surface area (Å²) in [6.07, 6.45) is 0. The van der Waals surface area contributed by atoms with Crippen molar-refractivity contribution in [1.82, 2.24) is 5.32 Å². The first kappa shape index (κ1) is 16.0. The van der Waals surface area contributed by atoms with Gasteiger partial charge in [0, 0.05) is 18.9 Å². The zero-order valence-electron chi connectivity index (χ0n) is 12.2. The van der Waals surface area contributed by atoms with Gasteiger partial charge in [0.15, 0.2) is 0 Å². The van der Waals surface area contributed by atoms with Crippen molar-refractivity contribution in [2.75, 3.05) is 25.6 Å². The predicted molar refractivity (Wildman–Crippen MR) is 80.2 cm³/mol. The van der Waals surface area contributed by atoms with Crippen LogP contribution in [0.1, 0.15) is 13.8 Å². The molecule has 0 saturated heterocycles. The third-order valence-electron chi connectivity index (χ3n) is 2.37. The fourth-order valence-electron chi connectivity index (χ4n) is 1.55. The molecule has 0 aromatic heterocycles. The molecular formula is C15H22N2O3. The predicted octanol–water partition coefficient (Wildman–Crippen LogP) is 2.80. The number of amides is 2. The van der Waals surface area contributed by atoms with E-state index in [0.29, 0.717) is 24.7 Å². The standard InChI is InChI=1S/C15H22N2O3/c1-11(2)9-20-14-7-5-6-13(8-14)17-15(18)16-12(3)10-19-4/h5-8,12H,1,9-10H2,2-4H3,(H2,16,17,18). The molecule has 0 saturated carbocycles. The summed E-state index contributed by atoms with van der Waals surface area (Å²) >= 11 is 0. The van der Waals surface area contributed by atoms with Crippen molar-refractivity contribution in [1.29, 1.82) is 0 Å². The molecule has 0 heterocycles. The Balaban J connectivity index is 2.52. The second-order valence-corrected chi connectivity index (χ2v) is 4.73. The maximum atomic E-state index is 11.7. The van der Waals surface area contributed by atoms with E-state index in [4.69, 9.17) is 9.47 Å². The van der Waals surface area contributed by atoms with Gasteiger partial charge in [0.05, 0.1) is 12.6 Å². The van der Waals surface area contributed by atoms with Crippen LogP contribution >= 0.6 is 0 Å². The monoisotopic (exact) mass is 278 g/mol. The maximum absolute atomic E-state index is 11.7. The van der Waals surface area contributed by atoms with Crippen LogP contribution in [0.25, 0.3) is 0 Å². The number of nitrogens with one attached hydrogen (secondary N) is 2. The third kappa shape index (κ3) is 6.24. The normalized spacial score (nSPS) is 11.6. The minimum Gasteiger partial charge on any atom is -0.489 e. The van der Waals surface area contributed by atoms with Crippen LogP contribution in [0.3, 0.4) is 0 Å². The minimum absolute atomic E-state index is 0.0529. The van der Waals surface area contributed by atoms with Crippen molar-refractivity contribution < 1.29 is 14.3 Å². The lowest BCUT2D eigenvalue weighted by Crippen LogP contribution is -2.38. The number of benzene rings is 1. The number of ether oxygens (including phenoxy) is 2. The van der Waals surface area contributed by atoms with Crippen molar-refractivity contribution >= 4 is 11.7 Å². The molecule has 0 spiro atoms. The second kappa shape index (κ2) is 8.22. The van der Waals surface area contributed by atoms with Gasteiger partial charge in [-0.3, -0.25) is 0 Å². The summed E-state index contributed by atoms with van der Waals surface area (Å²) in [5, 5.41) is 5.52. The highest BCUT2D eigenvalue weighted by atomic mass is 16.5. The van der Waals surface area contributed by atoms with E-state index in [9.17, 15) is 4.79 Å². The van der Waals surface area contributed by atoms with Crippen LogP contribution in [-0.2, 0) is 4.74 Å². The van der Waals surface area contributed by atoms with Crippen LogP contribution in [0.2, 0.25) is 0 Å². The van der Waals surface area contributed by atoms with Gasteiger partial charge in [-0.05, 0) is 31.6 Å². The Morgan fingerprint density at radius 2 is 2.20 bits per heavy atom. The quantitative estimate of drug-likeness (QED) is 0.754. The van der Waals surface area contributed by atoms with Crippen molar-refractivity contribution in [2.24, 2.45) is 0 Å². The molecule has 1 aromatic rings. The molecule has 1 atom stereocenters. The summed E-state index contributed by atoms with van der Waals surface area (Å²) in [7, 11) is 1.60. The van der Waals surface area contributed by atoms with E-state index in [-0.39, 0.29) is 12.1 Å². The molecule has 0 aliphatic carbocycles. The summed E-state index contributed by atoms with van der Waals surface area (Å²) in [5.74, 6) is 0.690. The van der Waals surface area contributed by atoms with Gasteiger partial charge in [-0.2, -0.15) is 0 Å². The van der Waals surface area contributed by atoms with Gasteiger partial charge in [0.1, 0.15) is 12.4 Å². The van der Waals surface area contributed by atoms with Gasteiger partial charge in [-0.15, -0.1) is 0 Å². The zero-order valence-corrected chi connectivity index (χ0v) is 12.2. The Kier molecular flexibility index (Phi) is 6.59. The highest BCUT2D eigenvalue weighted by molar-refractivity contribution is 5.89. The van der Waals surface area contributed by atoms with Crippen LogP contribution in [0.4, 0.5) is 10.5 Å². The molecule has 5 nitrogen and oxygen atoms in total. The number of rotatable bonds is 7. The third-order valence-corrected chi connectivity index (χ3v) is 2.37. The van der Waals surface area contributed by atoms with Gasteiger partial charge < -0.3 is 20.1 Å². The first-order valence-corrected chi connectivity index (χ1v) is 6.45. The number of carbonyl (C=O) groups is 1. The number of anilines is 1. The topological polar surface area (TPSA) is 59.6 Å². The molecule has 1 unspecified atom stereocenters. The zero-order chi connectivity index (χ0) is 15.0. The number of carbonyl (C=O) groups excluding carboxylic acids is 1. The summed E-state index contributed by atoms with van der Waals surface area (Å²) in [6, 6.07) is 6.90. The van der Waals surface area contributed by atoms with Crippen LogP contribution in [0.5, 0.6) is 5.75 Å². The number of hydrogen-bond donors (Lipinski definition) is 2. The number of urea groups is 1. The van der Waals surface area contributed by atoms with E-state index < -0.39 is 0 Å². The van der Waals surface area contributed by atoms with Crippen molar-refractivity contribution in [3.63, 3.8) is 0 Å². The molecule has 0 bridgehead atoms. The Hall–Kier alpha value is -2.01. The molecule has 2 N–H and O–H groups in total. The lowest BCUT2D eigenvalue weighted by molar-refractivity contribution is 0.173. The number of methoxy groups -OCH3 is 1. The molecule has 20 heavy (non-hydrogen) atoms. The van der Waals surface area contributed by atoms with Crippen LogP contribution in [0, 0.1) is 0 Å². The molecule has 0 radical (unpaired) electrons. The van der Waals surface area contributed by atoms with Gasteiger partial charge in [-0.1, -0.05) is 12.6 Å². The highest BCUT2D eigenvalue weighted by Gasteiger charge is 2.07. The molecule has 110 valence electrons. The van der Waals surface area contributed by atoms with E-state index in [0.717, 1.165) is 5.57 Å². The van der Waals surface area contributed by atoms with Crippen molar-refractivity contribution in [2.45, 2.75) is 19.9 Å². The maximum Gasteiger partial charge on any atom is 0.319 e. The summed E-state index contributed by atoms with van der Waals surface area (Å²) in [4.78, 5) is 11.7. The van der Waals surface area contributed by atoms with Gasteiger partial charge >= 0.3 is 6.03 Å². The van der Waals surface area contributed by atoms with Gasteiger partial charge in [0.2, 0.25) is 0 Å². The average Bonchev–Trinajstić information content (AvgIpc) is 2.36. The van der Waals surface area contributed by atoms with Crippen LogP contribution in [-0.4, -0.2) is 32.4 Å². The molecule has 1 rings (SSSR count). The van der Waals surface area contributed by atoms with E-state index in [1.54, 1.807) is 19.2 Å². The summed E-state index contributed by atoms with van der Waals surface area (Å²) < 4.78 is 10.5. The first-order valence-electron chi connectivity index (χ1n) is 6.45. The highest BCUT2D eigenvalue weighted by Crippen LogP contribution is 2.17. The Labute approximate surface area is 120 Å². The fraction of sp³-hybridized carbons (Fsp3) is 0.400. The molecule has 2 amide bonds. The number of hydrogen-bond acceptors (Lipinski definition) is 3. The Bertz CT molecular complexity index is 460. The second-order valence-electron chi connectivity index (χ2n) is 4.73. The Morgan fingerprint density at radius 1 is 1.45 bits per heavy atom. The van der Waals surface area contributed by atoms with Crippen molar-refractivity contribution in [3.05, 3.63) is 36.4 Å². The van der Waals surface area contributed by atoms with Gasteiger partial charge in [0.25, 0.3) is 0 Å². The summed E-state index contributed by atoms with van der Waals surface area (Å²) in [5.41, 5.74) is 1.61. The van der Waals surface area contributed by atoms with E-state index in [2.05, 4.69) is 17.2 Å². The molecule has 5 heteroatoms. The lowest BCUT2D eigenvalue weighted by Gasteiger charge is -2.14. The molecule has 0 fully saturated rings. The van der Waals surface area contributed by atoms with Crippen molar-refractivity contribution in [3.8, 4) is 5.75 Å². The molecule has 1 aromatic carbocycles. The van der Waals surface area contributed by atoms with Crippen LogP contribution < -0.4 is 15.4 Å². The Morgan fingerprint density at radius 3 is 2.85 bits per heavy atom. The molecular weight excluding hydrogens is 256 g/mol. The minimum atomic E-state index is -0.272. The van der Waals surface area contributed by atoms with Crippen LogP contribution in [0.15, 0.2) is 36.4 Å². The smallest absolute Gasteiger partial charge is 0.319 e. The first-order chi connectivity index (χ1) is 9.51. The van der Waals surface area contributed by atoms with E-state index in [1.165, 1.54) is 0 Å². The average molecular weight is 278 g/mol. The lowest BCUT2D eigenvalue weighted by atomic mass is 10.3. The van der Waals surface area contributed by atoms with E-state index in [1.807, 2.05) is 26.0 Å². The SMILES string of the molecule is C=C(C)COc1cccc(NC(=O)NC(C)COC)c1. The fourth-order valence-corrected chi connectivity index (χ4v) is 1.55. The molecule has 0 aliphatic rings.